The third-order valence-corrected chi connectivity index (χ3v) is 7.27. The molecule has 0 unspecified atom stereocenters. The smallest absolute Gasteiger partial charge is 0.325 e. The molecule has 192 valence electrons. The van der Waals surface area contributed by atoms with Crippen molar-refractivity contribution in [1.29, 1.82) is 0 Å². The number of likely N-dealkylation sites (tertiary alicyclic amines) is 1. The first-order valence-corrected chi connectivity index (χ1v) is 12.3. The summed E-state index contributed by atoms with van der Waals surface area (Å²) in [5, 5.41) is 2.81. The Labute approximate surface area is 212 Å². The zero-order valence-electron chi connectivity index (χ0n) is 21.9. The van der Waals surface area contributed by atoms with E-state index < -0.39 is 17.5 Å². The van der Waals surface area contributed by atoms with Gasteiger partial charge in [0.25, 0.3) is 5.91 Å². The van der Waals surface area contributed by atoms with Crippen LogP contribution in [-0.4, -0.2) is 55.0 Å². The van der Waals surface area contributed by atoms with Crippen LogP contribution < -0.4 is 14.8 Å². The van der Waals surface area contributed by atoms with Crippen molar-refractivity contribution in [3.8, 4) is 11.5 Å². The SMILES string of the molecule is COc1ccc(OC)c([C@H]2CCCN2C(=O)CN2C(=O)N[C@@](C)(c3ccc(C(C)(C)C)cc3)C2=O)c1. The second-order valence-electron chi connectivity index (χ2n) is 10.6. The van der Waals surface area contributed by atoms with Gasteiger partial charge in [-0.15, -0.1) is 0 Å². The normalized spacial score (nSPS) is 22.1. The predicted molar refractivity (Wildman–Crippen MR) is 136 cm³/mol. The summed E-state index contributed by atoms with van der Waals surface area (Å²) in [6.45, 7) is 8.26. The number of urea groups is 1. The summed E-state index contributed by atoms with van der Waals surface area (Å²) in [7, 11) is 3.18. The van der Waals surface area contributed by atoms with E-state index in [1.807, 2.05) is 42.5 Å². The minimum Gasteiger partial charge on any atom is -0.497 e. The van der Waals surface area contributed by atoms with Gasteiger partial charge in [-0.25, -0.2) is 4.79 Å². The quantitative estimate of drug-likeness (QED) is 0.612. The Morgan fingerprint density at radius 1 is 1.08 bits per heavy atom. The van der Waals surface area contributed by atoms with Crippen LogP contribution >= 0.6 is 0 Å². The van der Waals surface area contributed by atoms with Crippen molar-refractivity contribution in [1.82, 2.24) is 15.1 Å². The molecule has 4 rings (SSSR count). The third-order valence-electron chi connectivity index (χ3n) is 7.27. The van der Waals surface area contributed by atoms with Gasteiger partial charge in [-0.3, -0.25) is 14.5 Å². The number of methoxy groups -OCH3 is 2. The second kappa shape index (κ2) is 9.48. The van der Waals surface area contributed by atoms with E-state index in [0.29, 0.717) is 23.6 Å². The van der Waals surface area contributed by atoms with Crippen molar-refractivity contribution in [2.45, 2.75) is 57.5 Å². The van der Waals surface area contributed by atoms with E-state index in [4.69, 9.17) is 9.47 Å². The molecule has 2 aliphatic rings. The molecule has 0 radical (unpaired) electrons. The summed E-state index contributed by atoms with van der Waals surface area (Å²) in [4.78, 5) is 42.5. The monoisotopic (exact) mass is 493 g/mol. The van der Waals surface area contributed by atoms with Gasteiger partial charge >= 0.3 is 6.03 Å². The fourth-order valence-electron chi connectivity index (χ4n) is 5.05. The van der Waals surface area contributed by atoms with Gasteiger partial charge in [0.1, 0.15) is 23.6 Å². The number of nitrogens with one attached hydrogen (secondary N) is 1. The summed E-state index contributed by atoms with van der Waals surface area (Å²) in [6, 6.07) is 12.4. The molecule has 0 spiro atoms. The molecule has 2 saturated heterocycles. The number of amides is 4. The number of imide groups is 1. The number of ether oxygens (including phenoxy) is 2. The van der Waals surface area contributed by atoms with Gasteiger partial charge < -0.3 is 19.7 Å². The van der Waals surface area contributed by atoms with Crippen molar-refractivity contribution in [3.63, 3.8) is 0 Å². The maximum Gasteiger partial charge on any atom is 0.325 e. The fourth-order valence-corrected chi connectivity index (χ4v) is 5.05. The van der Waals surface area contributed by atoms with Crippen LogP contribution in [0.25, 0.3) is 0 Å². The van der Waals surface area contributed by atoms with E-state index in [0.717, 1.165) is 28.9 Å². The van der Waals surface area contributed by atoms with Crippen LogP contribution in [0.2, 0.25) is 0 Å². The van der Waals surface area contributed by atoms with Crippen LogP contribution in [0.1, 0.15) is 63.3 Å². The van der Waals surface area contributed by atoms with Gasteiger partial charge in [0.05, 0.1) is 20.3 Å². The molecule has 4 amide bonds. The average molecular weight is 494 g/mol. The topological polar surface area (TPSA) is 88.2 Å². The lowest BCUT2D eigenvalue weighted by Crippen LogP contribution is -2.44. The van der Waals surface area contributed by atoms with Gasteiger partial charge in [-0.1, -0.05) is 45.0 Å². The third kappa shape index (κ3) is 4.52. The summed E-state index contributed by atoms with van der Waals surface area (Å²) in [6.07, 6.45) is 1.57. The number of rotatable bonds is 6. The average Bonchev–Trinajstić information content (AvgIpc) is 3.43. The summed E-state index contributed by atoms with van der Waals surface area (Å²) in [5.74, 6) is 0.631. The first-order chi connectivity index (χ1) is 17.0. The predicted octanol–water partition coefficient (Wildman–Crippen LogP) is 4.13. The van der Waals surface area contributed by atoms with Crippen LogP contribution in [0.15, 0.2) is 42.5 Å². The van der Waals surface area contributed by atoms with Gasteiger partial charge in [0.15, 0.2) is 0 Å². The van der Waals surface area contributed by atoms with E-state index in [-0.39, 0.29) is 23.9 Å². The summed E-state index contributed by atoms with van der Waals surface area (Å²) in [5.41, 5.74) is 1.41. The number of carbonyl (C=O) groups excluding carboxylic acids is 3. The zero-order valence-corrected chi connectivity index (χ0v) is 21.9. The Kier molecular flexibility index (Phi) is 6.73. The highest BCUT2D eigenvalue weighted by Crippen LogP contribution is 2.39. The molecule has 36 heavy (non-hydrogen) atoms. The van der Waals surface area contributed by atoms with Crippen LogP contribution in [0.5, 0.6) is 11.5 Å². The molecule has 0 saturated carbocycles. The largest absolute Gasteiger partial charge is 0.497 e. The molecule has 0 bridgehead atoms. The van der Waals surface area contributed by atoms with Crippen LogP contribution in [0, 0.1) is 0 Å². The molecule has 0 aliphatic carbocycles. The highest BCUT2D eigenvalue weighted by atomic mass is 16.5. The van der Waals surface area contributed by atoms with Crippen LogP contribution in [-0.2, 0) is 20.5 Å². The van der Waals surface area contributed by atoms with Crippen molar-refractivity contribution >= 4 is 17.8 Å². The minimum absolute atomic E-state index is 0.0292. The van der Waals surface area contributed by atoms with E-state index in [1.54, 1.807) is 26.0 Å². The molecule has 8 heteroatoms. The number of carbonyl (C=O) groups is 3. The molecule has 2 heterocycles. The Morgan fingerprint density at radius 3 is 2.39 bits per heavy atom. The molecule has 2 atom stereocenters. The maximum atomic E-state index is 13.4. The lowest BCUT2D eigenvalue weighted by atomic mass is 9.84. The molecular weight excluding hydrogens is 458 g/mol. The Hall–Kier alpha value is -3.55. The Morgan fingerprint density at radius 2 is 1.78 bits per heavy atom. The standard InChI is InChI=1S/C28H35N3O5/c1-27(2,3)18-9-11-19(12-10-18)28(4)25(33)31(26(34)29-28)17-24(32)30-15-7-8-22(30)21-16-20(35-5)13-14-23(21)36-6/h9-14,16,22H,7-8,15,17H2,1-6H3,(H,29,34)/t22-,28+/m1/s1. The summed E-state index contributed by atoms with van der Waals surface area (Å²) < 4.78 is 10.9. The number of benzene rings is 2. The molecule has 2 fully saturated rings. The highest BCUT2D eigenvalue weighted by Gasteiger charge is 2.50. The lowest BCUT2D eigenvalue weighted by Gasteiger charge is -2.28. The molecule has 8 nitrogen and oxygen atoms in total. The number of hydrogen-bond donors (Lipinski definition) is 1. The van der Waals surface area contributed by atoms with Gasteiger partial charge in [0, 0.05) is 12.1 Å². The van der Waals surface area contributed by atoms with E-state index >= 15 is 0 Å². The molecule has 2 aromatic carbocycles. The number of hydrogen-bond acceptors (Lipinski definition) is 5. The molecule has 2 aromatic rings. The molecular formula is C28H35N3O5. The minimum atomic E-state index is -1.23. The van der Waals surface area contributed by atoms with Crippen molar-refractivity contribution in [3.05, 3.63) is 59.2 Å². The van der Waals surface area contributed by atoms with Crippen LogP contribution in [0.3, 0.4) is 0 Å². The lowest BCUT2D eigenvalue weighted by molar-refractivity contribution is -0.139. The molecule has 2 aliphatic heterocycles. The van der Waals surface area contributed by atoms with E-state index in [9.17, 15) is 14.4 Å². The number of nitrogens with zero attached hydrogens (tertiary/aromatic N) is 2. The fraction of sp³-hybridized carbons (Fsp3) is 0.464. The van der Waals surface area contributed by atoms with Crippen molar-refractivity contribution in [2.75, 3.05) is 27.3 Å². The van der Waals surface area contributed by atoms with E-state index in [2.05, 4.69) is 26.1 Å². The Bertz CT molecular complexity index is 1170. The maximum absolute atomic E-state index is 13.4. The van der Waals surface area contributed by atoms with Crippen LogP contribution in [0.4, 0.5) is 4.79 Å². The van der Waals surface area contributed by atoms with Crippen molar-refractivity contribution in [2.24, 2.45) is 0 Å². The van der Waals surface area contributed by atoms with Gasteiger partial charge in [-0.2, -0.15) is 0 Å². The van der Waals surface area contributed by atoms with Gasteiger partial charge in [0.2, 0.25) is 5.91 Å². The zero-order chi connectivity index (χ0) is 26.3. The van der Waals surface area contributed by atoms with E-state index in [1.165, 1.54) is 0 Å². The second-order valence-corrected chi connectivity index (χ2v) is 10.6. The molecule has 0 aromatic heterocycles. The Balaban J connectivity index is 1.54. The summed E-state index contributed by atoms with van der Waals surface area (Å²) >= 11 is 0. The van der Waals surface area contributed by atoms with Crippen molar-refractivity contribution < 1.29 is 23.9 Å². The molecule has 1 N–H and O–H groups in total. The highest BCUT2D eigenvalue weighted by molar-refractivity contribution is 6.09. The first-order valence-electron chi connectivity index (χ1n) is 12.3. The van der Waals surface area contributed by atoms with Gasteiger partial charge in [-0.05, 0) is 54.5 Å². The first kappa shape index (κ1) is 25.5.